The predicted molar refractivity (Wildman–Crippen MR) is 94.3 cm³/mol. The minimum absolute atomic E-state index is 0.665. The van der Waals surface area contributed by atoms with Crippen molar-refractivity contribution in [2.45, 2.75) is 33.4 Å². The van der Waals surface area contributed by atoms with Crippen molar-refractivity contribution >= 4 is 11.3 Å². The molecule has 1 aliphatic heterocycles. The average molecular weight is 315 g/mol. The summed E-state index contributed by atoms with van der Waals surface area (Å²) in [7, 11) is 0. The van der Waals surface area contributed by atoms with E-state index in [4.69, 9.17) is 0 Å². The van der Waals surface area contributed by atoms with Gasteiger partial charge in [-0.25, -0.2) is 4.98 Å². The molecular weight excluding hydrogens is 290 g/mol. The summed E-state index contributed by atoms with van der Waals surface area (Å²) < 4.78 is 0. The van der Waals surface area contributed by atoms with E-state index in [-0.39, 0.29) is 0 Å². The number of nitrogens with zero attached hydrogens (tertiary/aromatic N) is 3. The topological polar surface area (TPSA) is 19.4 Å². The van der Waals surface area contributed by atoms with Crippen molar-refractivity contribution in [1.82, 2.24) is 14.8 Å². The van der Waals surface area contributed by atoms with Crippen molar-refractivity contribution in [2.24, 2.45) is 0 Å². The van der Waals surface area contributed by atoms with Crippen LogP contribution in [0, 0.1) is 6.92 Å². The molecule has 4 heteroatoms. The molecule has 0 spiro atoms. The fraction of sp³-hybridized carbons (Fsp3) is 0.500. The van der Waals surface area contributed by atoms with Crippen molar-refractivity contribution in [3.63, 3.8) is 0 Å². The van der Waals surface area contributed by atoms with Gasteiger partial charge < -0.3 is 0 Å². The van der Waals surface area contributed by atoms with Gasteiger partial charge in [-0.05, 0) is 26.3 Å². The standard InChI is InChI=1S/C18H25N3S/c1-14(2)21-10-8-20(9-11-21)13-16-12-19-18(22-16)17-7-5-4-6-15(17)3/h4-7,12,14H,8-11,13H2,1-3H3. The first-order valence-electron chi connectivity index (χ1n) is 8.10. The van der Waals surface area contributed by atoms with E-state index in [1.165, 1.54) is 29.1 Å². The zero-order valence-electron chi connectivity index (χ0n) is 13.7. The van der Waals surface area contributed by atoms with Crippen molar-refractivity contribution < 1.29 is 0 Å². The molecule has 3 rings (SSSR count). The maximum absolute atomic E-state index is 4.64. The number of thiazole rings is 1. The smallest absolute Gasteiger partial charge is 0.123 e. The van der Waals surface area contributed by atoms with Gasteiger partial charge in [0.15, 0.2) is 0 Å². The first-order valence-corrected chi connectivity index (χ1v) is 8.92. The molecule has 118 valence electrons. The van der Waals surface area contributed by atoms with Crippen LogP contribution in [0.1, 0.15) is 24.3 Å². The Labute approximate surface area is 137 Å². The van der Waals surface area contributed by atoms with Gasteiger partial charge in [-0.15, -0.1) is 11.3 Å². The first-order chi connectivity index (χ1) is 10.6. The third-order valence-corrected chi connectivity index (χ3v) is 5.46. The van der Waals surface area contributed by atoms with Gasteiger partial charge >= 0.3 is 0 Å². The molecule has 2 heterocycles. The Morgan fingerprint density at radius 3 is 2.55 bits per heavy atom. The second kappa shape index (κ2) is 6.90. The van der Waals surface area contributed by atoms with Crippen molar-refractivity contribution in [2.75, 3.05) is 26.2 Å². The van der Waals surface area contributed by atoms with E-state index in [0.29, 0.717) is 6.04 Å². The predicted octanol–water partition coefficient (Wildman–Crippen LogP) is 3.64. The SMILES string of the molecule is Cc1ccccc1-c1ncc(CN2CCN(C(C)C)CC2)s1. The lowest BCUT2D eigenvalue weighted by Crippen LogP contribution is -2.48. The van der Waals surface area contributed by atoms with Crippen molar-refractivity contribution in [3.05, 3.63) is 40.9 Å². The normalized spacial score (nSPS) is 17.3. The number of aromatic nitrogens is 1. The highest BCUT2D eigenvalue weighted by Gasteiger charge is 2.19. The molecule has 2 aromatic rings. The van der Waals surface area contributed by atoms with Gasteiger partial charge in [-0.1, -0.05) is 24.3 Å². The summed E-state index contributed by atoms with van der Waals surface area (Å²) in [5.74, 6) is 0. The molecule has 1 saturated heterocycles. The van der Waals surface area contributed by atoms with Crippen LogP contribution in [0.15, 0.2) is 30.5 Å². The van der Waals surface area contributed by atoms with E-state index >= 15 is 0 Å². The molecule has 1 aromatic carbocycles. The Morgan fingerprint density at radius 2 is 1.86 bits per heavy atom. The van der Waals surface area contributed by atoms with Crippen LogP contribution in [0.3, 0.4) is 0 Å². The van der Waals surface area contributed by atoms with Crippen molar-refractivity contribution in [1.29, 1.82) is 0 Å². The van der Waals surface area contributed by atoms with Crippen LogP contribution < -0.4 is 0 Å². The quantitative estimate of drug-likeness (QED) is 0.858. The monoisotopic (exact) mass is 315 g/mol. The summed E-state index contributed by atoms with van der Waals surface area (Å²) in [5, 5.41) is 1.15. The Bertz CT molecular complexity index is 612. The molecule has 0 N–H and O–H groups in total. The Balaban J connectivity index is 1.62. The van der Waals surface area contributed by atoms with Gasteiger partial charge in [0, 0.05) is 55.4 Å². The van der Waals surface area contributed by atoms with Gasteiger partial charge in [0.25, 0.3) is 0 Å². The molecule has 1 aromatic heterocycles. The fourth-order valence-electron chi connectivity index (χ4n) is 2.98. The first kappa shape index (κ1) is 15.7. The van der Waals surface area contributed by atoms with E-state index in [2.05, 4.69) is 66.0 Å². The van der Waals surface area contributed by atoms with E-state index < -0.39 is 0 Å². The number of aryl methyl sites for hydroxylation is 1. The fourth-order valence-corrected chi connectivity index (χ4v) is 4.02. The Morgan fingerprint density at radius 1 is 1.14 bits per heavy atom. The van der Waals surface area contributed by atoms with Crippen LogP contribution in [0.2, 0.25) is 0 Å². The molecule has 1 fully saturated rings. The van der Waals surface area contributed by atoms with Crippen LogP contribution in [-0.2, 0) is 6.54 Å². The Kier molecular flexibility index (Phi) is 4.91. The Hall–Kier alpha value is -1.23. The number of hydrogen-bond acceptors (Lipinski definition) is 4. The summed E-state index contributed by atoms with van der Waals surface area (Å²) in [6.45, 7) is 12.4. The number of hydrogen-bond donors (Lipinski definition) is 0. The third-order valence-electron chi connectivity index (χ3n) is 4.45. The summed E-state index contributed by atoms with van der Waals surface area (Å²) in [6.07, 6.45) is 2.06. The van der Waals surface area contributed by atoms with Crippen LogP contribution in [-0.4, -0.2) is 47.0 Å². The lowest BCUT2D eigenvalue weighted by molar-refractivity contribution is 0.105. The molecule has 0 bridgehead atoms. The number of benzene rings is 1. The molecule has 1 aliphatic rings. The second-order valence-corrected chi connectivity index (χ2v) is 7.47. The molecule has 0 amide bonds. The minimum atomic E-state index is 0.665. The maximum Gasteiger partial charge on any atom is 0.123 e. The number of rotatable bonds is 4. The zero-order chi connectivity index (χ0) is 15.5. The highest BCUT2D eigenvalue weighted by atomic mass is 32.1. The van der Waals surface area contributed by atoms with Crippen LogP contribution in [0.4, 0.5) is 0 Å². The van der Waals surface area contributed by atoms with Crippen LogP contribution in [0.5, 0.6) is 0 Å². The third kappa shape index (κ3) is 3.57. The van der Waals surface area contributed by atoms with Crippen LogP contribution >= 0.6 is 11.3 Å². The van der Waals surface area contributed by atoms with Gasteiger partial charge in [-0.3, -0.25) is 9.80 Å². The second-order valence-electron chi connectivity index (χ2n) is 6.35. The summed E-state index contributed by atoms with van der Waals surface area (Å²) >= 11 is 1.83. The molecular formula is C18H25N3S. The van der Waals surface area contributed by atoms with Gasteiger partial charge in [-0.2, -0.15) is 0 Å². The molecule has 0 radical (unpaired) electrons. The largest absolute Gasteiger partial charge is 0.298 e. The van der Waals surface area contributed by atoms with E-state index in [1.54, 1.807) is 0 Å². The summed E-state index contributed by atoms with van der Waals surface area (Å²) in [5.41, 5.74) is 2.57. The van der Waals surface area contributed by atoms with Gasteiger partial charge in [0.1, 0.15) is 5.01 Å². The molecule has 0 atom stereocenters. The minimum Gasteiger partial charge on any atom is -0.298 e. The lowest BCUT2D eigenvalue weighted by atomic mass is 10.1. The highest BCUT2D eigenvalue weighted by molar-refractivity contribution is 7.15. The number of piperazine rings is 1. The van der Waals surface area contributed by atoms with Crippen molar-refractivity contribution in [3.8, 4) is 10.6 Å². The van der Waals surface area contributed by atoms with Gasteiger partial charge in [0.05, 0.1) is 0 Å². The molecule has 22 heavy (non-hydrogen) atoms. The molecule has 3 nitrogen and oxygen atoms in total. The van der Waals surface area contributed by atoms with Crippen LogP contribution in [0.25, 0.3) is 10.6 Å². The van der Waals surface area contributed by atoms with Gasteiger partial charge in [0.2, 0.25) is 0 Å². The maximum atomic E-state index is 4.64. The van der Waals surface area contributed by atoms with E-state index in [9.17, 15) is 0 Å². The van der Waals surface area contributed by atoms with E-state index in [0.717, 1.165) is 24.6 Å². The average Bonchev–Trinajstić information content (AvgIpc) is 2.96. The highest BCUT2D eigenvalue weighted by Crippen LogP contribution is 2.28. The molecule has 0 saturated carbocycles. The molecule has 0 aliphatic carbocycles. The summed E-state index contributed by atoms with van der Waals surface area (Å²) in [6, 6.07) is 9.16. The summed E-state index contributed by atoms with van der Waals surface area (Å²) in [4.78, 5) is 11.1. The zero-order valence-corrected chi connectivity index (χ0v) is 14.6. The lowest BCUT2D eigenvalue weighted by Gasteiger charge is -2.36. The van der Waals surface area contributed by atoms with E-state index in [1.807, 2.05) is 11.3 Å². The molecule has 0 unspecified atom stereocenters.